The molecule has 34 heavy (non-hydrogen) atoms. The van der Waals surface area contributed by atoms with Crippen LogP contribution in [-0.2, 0) is 9.59 Å². The quantitative estimate of drug-likeness (QED) is 0.521. The number of amides is 2. The average molecular weight is 499 g/mol. The number of fused-ring (bicyclic) bond motifs is 1. The summed E-state index contributed by atoms with van der Waals surface area (Å²) in [5.41, 5.74) is 6.83. The van der Waals surface area contributed by atoms with Crippen molar-refractivity contribution in [3.05, 3.63) is 53.6 Å². The lowest BCUT2D eigenvalue weighted by Crippen LogP contribution is -2.49. The summed E-state index contributed by atoms with van der Waals surface area (Å²) in [6.07, 6.45) is 1.28. The molecule has 3 heterocycles. The van der Waals surface area contributed by atoms with Gasteiger partial charge in [-0.2, -0.15) is 0 Å². The minimum atomic E-state index is -0.905. The molecule has 1 saturated heterocycles. The van der Waals surface area contributed by atoms with Gasteiger partial charge >= 0.3 is 0 Å². The van der Waals surface area contributed by atoms with Crippen LogP contribution >= 0.6 is 23.4 Å². The summed E-state index contributed by atoms with van der Waals surface area (Å²) >= 11 is 7.79. The topological polar surface area (TPSA) is 107 Å². The number of halogens is 1. The molecule has 2 aliphatic heterocycles. The largest absolute Gasteiger partial charge is 0.477 e. The Morgan fingerprint density at radius 1 is 1.06 bits per heavy atom. The minimum Gasteiger partial charge on any atom is -0.477 e. The van der Waals surface area contributed by atoms with Gasteiger partial charge in [0.05, 0.1) is 28.7 Å². The predicted octanol–water partition coefficient (Wildman–Crippen LogP) is 2.89. The van der Waals surface area contributed by atoms with Gasteiger partial charge in [-0.25, -0.2) is 0 Å². The number of para-hydroxylation sites is 3. The number of carbonyl (C=O) groups excluding carboxylic acids is 2. The Kier molecular flexibility index (Phi) is 6.34. The number of hydrogen-bond acceptors (Lipinski definition) is 7. The highest BCUT2D eigenvalue weighted by atomic mass is 35.5. The van der Waals surface area contributed by atoms with Gasteiger partial charge in [0.15, 0.2) is 11.3 Å². The highest BCUT2D eigenvalue weighted by Gasteiger charge is 2.33. The van der Waals surface area contributed by atoms with Gasteiger partial charge < -0.3 is 20.3 Å². The predicted molar refractivity (Wildman–Crippen MR) is 131 cm³/mol. The zero-order chi connectivity index (χ0) is 23.7. The number of carbonyl (C=O) groups is 2. The van der Waals surface area contributed by atoms with Crippen LogP contribution in [0.25, 0.3) is 5.69 Å². The standard InChI is InChI=1S/C23H23ClN6O3S/c24-15-7-1-2-8-16(15)30-22(28-11-5-6-12-28)26-27-23(30)34-14-20(31)29-13-19(21(25)32)33-18-10-4-3-9-17(18)29/h1-4,7-10,19H,5-6,11-14H2,(H2,25,32)/t19-/m0/s1. The molecule has 0 bridgehead atoms. The summed E-state index contributed by atoms with van der Waals surface area (Å²) in [6.45, 7) is 1.85. The van der Waals surface area contributed by atoms with Crippen LogP contribution in [0.15, 0.2) is 53.7 Å². The van der Waals surface area contributed by atoms with Gasteiger partial charge in [0.2, 0.25) is 11.9 Å². The van der Waals surface area contributed by atoms with E-state index in [0.29, 0.717) is 27.6 Å². The molecule has 0 radical (unpaired) electrons. The summed E-state index contributed by atoms with van der Waals surface area (Å²) in [4.78, 5) is 28.8. The van der Waals surface area contributed by atoms with Gasteiger partial charge in [-0.1, -0.05) is 47.6 Å². The average Bonchev–Trinajstić information content (AvgIpc) is 3.52. The van der Waals surface area contributed by atoms with Crippen LogP contribution in [0.5, 0.6) is 5.75 Å². The molecule has 11 heteroatoms. The Bertz CT molecular complexity index is 1230. The zero-order valence-electron chi connectivity index (χ0n) is 18.3. The molecule has 1 atom stereocenters. The number of rotatable bonds is 6. The summed E-state index contributed by atoms with van der Waals surface area (Å²) in [5, 5.41) is 9.96. The lowest BCUT2D eigenvalue weighted by Gasteiger charge is -2.33. The first kappa shape index (κ1) is 22.5. The fourth-order valence-corrected chi connectivity index (χ4v) is 5.18. The third kappa shape index (κ3) is 4.30. The van der Waals surface area contributed by atoms with Crippen molar-refractivity contribution in [3.8, 4) is 11.4 Å². The molecule has 0 spiro atoms. The molecule has 1 fully saturated rings. The van der Waals surface area contributed by atoms with Crippen LogP contribution in [-0.4, -0.2) is 58.1 Å². The van der Waals surface area contributed by atoms with E-state index in [9.17, 15) is 9.59 Å². The van der Waals surface area contributed by atoms with E-state index < -0.39 is 12.0 Å². The normalized spacial score (nSPS) is 17.4. The SMILES string of the molecule is NC(=O)[C@@H]1CN(C(=O)CSc2nnc(N3CCCC3)n2-c2ccccc2Cl)c2ccccc2O1. The van der Waals surface area contributed by atoms with Gasteiger partial charge in [0, 0.05) is 13.1 Å². The molecule has 5 rings (SSSR count). The van der Waals surface area contributed by atoms with Crippen LogP contribution in [0.2, 0.25) is 5.02 Å². The van der Waals surface area contributed by atoms with E-state index in [1.807, 2.05) is 34.9 Å². The first-order valence-corrected chi connectivity index (χ1v) is 12.3. The van der Waals surface area contributed by atoms with Crippen molar-refractivity contribution < 1.29 is 14.3 Å². The fourth-order valence-electron chi connectivity index (χ4n) is 4.14. The second-order valence-corrected chi connectivity index (χ2v) is 9.38. The third-order valence-corrected chi connectivity index (χ3v) is 7.05. The number of primary amides is 1. The van der Waals surface area contributed by atoms with Gasteiger partial charge in [-0.05, 0) is 37.1 Å². The van der Waals surface area contributed by atoms with Crippen molar-refractivity contribution in [2.75, 3.05) is 35.2 Å². The van der Waals surface area contributed by atoms with Gasteiger partial charge in [-0.15, -0.1) is 10.2 Å². The van der Waals surface area contributed by atoms with Crippen LogP contribution in [0.4, 0.5) is 11.6 Å². The molecular formula is C23H23ClN6O3S. The molecule has 9 nitrogen and oxygen atoms in total. The van der Waals surface area contributed by atoms with E-state index in [0.717, 1.165) is 31.6 Å². The van der Waals surface area contributed by atoms with Crippen molar-refractivity contribution in [1.29, 1.82) is 0 Å². The number of anilines is 2. The highest BCUT2D eigenvalue weighted by molar-refractivity contribution is 7.99. The van der Waals surface area contributed by atoms with Crippen LogP contribution in [0.3, 0.4) is 0 Å². The van der Waals surface area contributed by atoms with Crippen molar-refractivity contribution in [3.63, 3.8) is 0 Å². The number of thioether (sulfide) groups is 1. The van der Waals surface area contributed by atoms with Crippen molar-refractivity contribution in [2.45, 2.75) is 24.1 Å². The molecule has 1 aromatic heterocycles. The molecule has 0 saturated carbocycles. The smallest absolute Gasteiger partial charge is 0.260 e. The lowest BCUT2D eigenvalue weighted by atomic mass is 10.2. The number of ether oxygens (including phenoxy) is 1. The molecule has 0 unspecified atom stereocenters. The van der Waals surface area contributed by atoms with E-state index in [-0.39, 0.29) is 18.2 Å². The van der Waals surface area contributed by atoms with E-state index in [1.165, 1.54) is 11.8 Å². The lowest BCUT2D eigenvalue weighted by molar-refractivity contribution is -0.125. The Labute approximate surface area is 205 Å². The third-order valence-electron chi connectivity index (χ3n) is 5.82. The molecule has 176 valence electrons. The molecule has 3 aromatic rings. The van der Waals surface area contributed by atoms with Crippen LogP contribution in [0.1, 0.15) is 12.8 Å². The number of hydrogen-bond donors (Lipinski definition) is 1. The molecule has 2 aromatic carbocycles. The number of benzene rings is 2. The Hall–Kier alpha value is -3.24. The van der Waals surface area contributed by atoms with Crippen molar-refractivity contribution in [2.24, 2.45) is 5.73 Å². The summed E-state index contributed by atoms with van der Waals surface area (Å²) in [5.74, 6) is 0.442. The maximum absolute atomic E-state index is 13.3. The number of nitrogens with two attached hydrogens (primary N) is 1. The zero-order valence-corrected chi connectivity index (χ0v) is 19.8. The molecule has 2 amide bonds. The first-order valence-electron chi connectivity index (χ1n) is 11.0. The summed E-state index contributed by atoms with van der Waals surface area (Å²) in [7, 11) is 0. The van der Waals surface area contributed by atoms with Crippen LogP contribution < -0.4 is 20.3 Å². The summed E-state index contributed by atoms with van der Waals surface area (Å²) < 4.78 is 7.57. The van der Waals surface area contributed by atoms with Gasteiger partial charge in [0.1, 0.15) is 5.75 Å². The molecule has 2 N–H and O–H groups in total. The molecule has 2 aliphatic rings. The summed E-state index contributed by atoms with van der Waals surface area (Å²) in [6, 6.07) is 14.6. The van der Waals surface area contributed by atoms with Gasteiger partial charge in [-0.3, -0.25) is 14.2 Å². The van der Waals surface area contributed by atoms with E-state index in [4.69, 9.17) is 22.1 Å². The fraction of sp³-hybridized carbons (Fsp3) is 0.304. The van der Waals surface area contributed by atoms with Crippen molar-refractivity contribution in [1.82, 2.24) is 14.8 Å². The van der Waals surface area contributed by atoms with E-state index in [2.05, 4.69) is 15.1 Å². The number of aromatic nitrogens is 3. The van der Waals surface area contributed by atoms with Gasteiger partial charge in [0.25, 0.3) is 5.91 Å². The Morgan fingerprint density at radius 3 is 2.50 bits per heavy atom. The number of nitrogens with zero attached hydrogens (tertiary/aromatic N) is 5. The monoisotopic (exact) mass is 498 g/mol. The maximum atomic E-state index is 13.3. The molecular weight excluding hydrogens is 476 g/mol. The highest BCUT2D eigenvalue weighted by Crippen LogP contribution is 2.35. The van der Waals surface area contributed by atoms with E-state index >= 15 is 0 Å². The first-order chi connectivity index (χ1) is 16.5. The Balaban J connectivity index is 1.42. The maximum Gasteiger partial charge on any atom is 0.260 e. The van der Waals surface area contributed by atoms with Crippen LogP contribution in [0, 0.1) is 0 Å². The minimum absolute atomic E-state index is 0.0575. The Morgan fingerprint density at radius 2 is 1.76 bits per heavy atom. The van der Waals surface area contributed by atoms with E-state index in [1.54, 1.807) is 23.1 Å². The second-order valence-electron chi connectivity index (χ2n) is 8.03. The molecule has 0 aliphatic carbocycles. The second kappa shape index (κ2) is 9.55. The van der Waals surface area contributed by atoms with Crippen molar-refractivity contribution >= 4 is 46.8 Å².